The monoisotopic (exact) mass is 390 g/mol. The molecule has 4 saturated carbocycles. The van der Waals surface area contributed by atoms with Crippen LogP contribution in [-0.4, -0.2) is 31.2 Å². The molecule has 3 nitrogen and oxygen atoms in total. The third-order valence-electron chi connectivity index (χ3n) is 9.53. The van der Waals surface area contributed by atoms with Crippen LogP contribution >= 0.6 is 0 Å². The van der Waals surface area contributed by atoms with Gasteiger partial charge in [0.2, 0.25) is 0 Å². The highest BCUT2D eigenvalue weighted by atomic mass is 16.5. The van der Waals surface area contributed by atoms with Crippen LogP contribution in [0.5, 0.6) is 0 Å². The van der Waals surface area contributed by atoms with E-state index in [1.807, 2.05) is 0 Å². The summed E-state index contributed by atoms with van der Waals surface area (Å²) in [5.41, 5.74) is 0.114. The van der Waals surface area contributed by atoms with E-state index in [9.17, 15) is 4.79 Å². The molecular formula is C25H42O3. The van der Waals surface area contributed by atoms with Crippen molar-refractivity contribution in [1.29, 1.82) is 0 Å². The predicted molar refractivity (Wildman–Crippen MR) is 112 cm³/mol. The standard InChI is InChI=1S/C25H42O3/c1-5-27-16-25(4,28-6-2)21-13-10-17-18(21)11-12-20-19(17)15-23(26)22-9-7-8-14-24(20,22)3/h17-22H,5-16H2,1-4H3/t17?,18?,19?,20?,21?,22?,24-,25+/m1/s1. The first kappa shape index (κ1) is 20.8. The average molecular weight is 391 g/mol. The van der Waals surface area contributed by atoms with Gasteiger partial charge < -0.3 is 9.47 Å². The Morgan fingerprint density at radius 2 is 1.79 bits per heavy atom. The molecule has 0 N–H and O–H groups in total. The highest BCUT2D eigenvalue weighted by Crippen LogP contribution is 2.64. The lowest BCUT2D eigenvalue weighted by Crippen LogP contribution is -2.55. The van der Waals surface area contributed by atoms with Gasteiger partial charge in [-0.1, -0.05) is 19.8 Å². The van der Waals surface area contributed by atoms with Crippen molar-refractivity contribution in [3.63, 3.8) is 0 Å². The van der Waals surface area contributed by atoms with E-state index >= 15 is 0 Å². The molecule has 0 aromatic rings. The average Bonchev–Trinajstić information content (AvgIpc) is 3.12. The molecule has 0 aromatic carbocycles. The van der Waals surface area contributed by atoms with E-state index in [0.717, 1.165) is 43.8 Å². The summed E-state index contributed by atoms with van der Waals surface area (Å²) in [6, 6.07) is 0. The van der Waals surface area contributed by atoms with Gasteiger partial charge >= 0.3 is 0 Å². The van der Waals surface area contributed by atoms with Crippen LogP contribution in [0, 0.1) is 40.9 Å². The number of carbonyl (C=O) groups is 1. The minimum absolute atomic E-state index is 0.174. The number of Topliss-reactive ketones (excluding diaryl/α,β-unsaturated/α-hetero) is 1. The highest BCUT2D eigenvalue weighted by Gasteiger charge is 2.59. The van der Waals surface area contributed by atoms with E-state index in [1.54, 1.807) is 0 Å². The Labute approximate surface area is 172 Å². The molecule has 0 radical (unpaired) electrons. The second-order valence-corrected chi connectivity index (χ2v) is 10.7. The minimum Gasteiger partial charge on any atom is -0.379 e. The van der Waals surface area contributed by atoms with Gasteiger partial charge in [0, 0.05) is 25.6 Å². The molecule has 6 unspecified atom stereocenters. The van der Waals surface area contributed by atoms with Crippen molar-refractivity contribution in [2.24, 2.45) is 40.9 Å². The van der Waals surface area contributed by atoms with Crippen LogP contribution in [0.4, 0.5) is 0 Å². The van der Waals surface area contributed by atoms with Gasteiger partial charge in [-0.25, -0.2) is 0 Å². The van der Waals surface area contributed by atoms with Gasteiger partial charge in [0.25, 0.3) is 0 Å². The van der Waals surface area contributed by atoms with Crippen LogP contribution in [0.1, 0.15) is 85.5 Å². The van der Waals surface area contributed by atoms with Crippen LogP contribution in [0.3, 0.4) is 0 Å². The fraction of sp³-hybridized carbons (Fsp3) is 0.960. The van der Waals surface area contributed by atoms with E-state index in [2.05, 4.69) is 27.7 Å². The predicted octanol–water partition coefficient (Wildman–Crippen LogP) is 5.66. The van der Waals surface area contributed by atoms with Crippen molar-refractivity contribution in [1.82, 2.24) is 0 Å². The Kier molecular flexibility index (Phi) is 5.97. The van der Waals surface area contributed by atoms with E-state index in [1.165, 1.54) is 44.9 Å². The zero-order valence-corrected chi connectivity index (χ0v) is 18.7. The zero-order chi connectivity index (χ0) is 19.9. The van der Waals surface area contributed by atoms with E-state index in [0.29, 0.717) is 30.1 Å². The number of hydrogen-bond donors (Lipinski definition) is 0. The fourth-order valence-corrected chi connectivity index (χ4v) is 8.40. The summed E-state index contributed by atoms with van der Waals surface area (Å²) >= 11 is 0. The normalized spacial score (nSPS) is 45.1. The van der Waals surface area contributed by atoms with Crippen molar-refractivity contribution < 1.29 is 14.3 Å². The summed E-state index contributed by atoms with van der Waals surface area (Å²) in [5.74, 6) is 4.41. The minimum atomic E-state index is -0.174. The first-order valence-corrected chi connectivity index (χ1v) is 12.2. The third-order valence-corrected chi connectivity index (χ3v) is 9.53. The summed E-state index contributed by atoms with van der Waals surface area (Å²) in [6.45, 7) is 11.2. The van der Waals surface area contributed by atoms with Gasteiger partial charge in [-0.2, -0.15) is 0 Å². The Morgan fingerprint density at radius 1 is 1.00 bits per heavy atom. The van der Waals surface area contributed by atoms with Gasteiger partial charge in [0.1, 0.15) is 5.78 Å². The second-order valence-electron chi connectivity index (χ2n) is 10.7. The first-order valence-electron chi connectivity index (χ1n) is 12.2. The molecule has 0 aliphatic heterocycles. The Morgan fingerprint density at radius 3 is 2.54 bits per heavy atom. The largest absolute Gasteiger partial charge is 0.379 e. The molecule has 0 spiro atoms. The molecule has 4 aliphatic rings. The molecule has 4 fully saturated rings. The summed E-state index contributed by atoms with van der Waals surface area (Å²) in [4.78, 5) is 13.2. The topological polar surface area (TPSA) is 35.5 Å². The van der Waals surface area contributed by atoms with Crippen LogP contribution in [0.2, 0.25) is 0 Å². The van der Waals surface area contributed by atoms with E-state index in [4.69, 9.17) is 9.47 Å². The quantitative estimate of drug-likeness (QED) is 0.587. The molecule has 4 aliphatic carbocycles. The molecule has 3 heteroatoms. The van der Waals surface area contributed by atoms with Crippen molar-refractivity contribution in [3.8, 4) is 0 Å². The number of rotatable bonds is 6. The lowest BCUT2D eigenvalue weighted by Gasteiger charge is -2.57. The fourth-order valence-electron chi connectivity index (χ4n) is 8.40. The molecule has 8 atom stereocenters. The number of ether oxygens (including phenoxy) is 2. The lowest BCUT2D eigenvalue weighted by atomic mass is 9.46. The number of ketones is 1. The van der Waals surface area contributed by atoms with E-state index < -0.39 is 0 Å². The Hall–Kier alpha value is -0.410. The maximum Gasteiger partial charge on any atom is 0.136 e. The Balaban J connectivity index is 1.56. The molecule has 0 heterocycles. The molecular weight excluding hydrogens is 348 g/mol. The van der Waals surface area contributed by atoms with Gasteiger partial charge in [0.05, 0.1) is 12.2 Å². The smallest absolute Gasteiger partial charge is 0.136 e. The van der Waals surface area contributed by atoms with Crippen LogP contribution in [0.15, 0.2) is 0 Å². The molecule has 4 rings (SSSR count). The van der Waals surface area contributed by atoms with Crippen molar-refractivity contribution in [2.45, 2.75) is 91.1 Å². The molecule has 160 valence electrons. The summed E-state index contributed by atoms with van der Waals surface area (Å²) in [7, 11) is 0. The first-order chi connectivity index (χ1) is 13.4. The maximum atomic E-state index is 13.2. The molecule has 0 aromatic heterocycles. The van der Waals surface area contributed by atoms with Crippen LogP contribution < -0.4 is 0 Å². The summed E-state index contributed by atoms with van der Waals surface area (Å²) in [5, 5.41) is 0. The second kappa shape index (κ2) is 8.02. The van der Waals surface area contributed by atoms with Gasteiger partial charge in [-0.3, -0.25) is 4.79 Å². The van der Waals surface area contributed by atoms with Crippen molar-refractivity contribution in [2.75, 3.05) is 19.8 Å². The van der Waals surface area contributed by atoms with Crippen molar-refractivity contribution >= 4 is 5.78 Å². The van der Waals surface area contributed by atoms with Crippen LogP contribution in [-0.2, 0) is 14.3 Å². The van der Waals surface area contributed by atoms with Gasteiger partial charge in [-0.05, 0) is 94.3 Å². The maximum absolute atomic E-state index is 13.2. The van der Waals surface area contributed by atoms with E-state index in [-0.39, 0.29) is 11.0 Å². The highest BCUT2D eigenvalue weighted by molar-refractivity contribution is 5.83. The number of fused-ring (bicyclic) bond motifs is 5. The van der Waals surface area contributed by atoms with Crippen LogP contribution in [0.25, 0.3) is 0 Å². The third kappa shape index (κ3) is 3.29. The summed E-state index contributed by atoms with van der Waals surface area (Å²) in [6.07, 6.45) is 11.1. The van der Waals surface area contributed by atoms with Gasteiger partial charge in [-0.15, -0.1) is 0 Å². The number of hydrogen-bond acceptors (Lipinski definition) is 3. The van der Waals surface area contributed by atoms with Gasteiger partial charge in [0.15, 0.2) is 0 Å². The molecule has 28 heavy (non-hydrogen) atoms. The zero-order valence-electron chi connectivity index (χ0n) is 18.7. The number of carbonyl (C=O) groups excluding carboxylic acids is 1. The lowest BCUT2D eigenvalue weighted by molar-refractivity contribution is -0.155. The van der Waals surface area contributed by atoms with Crippen molar-refractivity contribution in [3.05, 3.63) is 0 Å². The molecule has 0 amide bonds. The SMILES string of the molecule is CCOC[C@](C)(OCC)C1CCC2C3CC(=O)C4CCCC[C@]4(C)C3CCC21. The molecule has 0 bridgehead atoms. The Bertz CT molecular complexity index is 574. The molecule has 0 saturated heterocycles. The summed E-state index contributed by atoms with van der Waals surface area (Å²) < 4.78 is 12.2.